The lowest BCUT2D eigenvalue weighted by Crippen LogP contribution is -2.40. The summed E-state index contributed by atoms with van der Waals surface area (Å²) in [7, 11) is 2.07. The van der Waals surface area contributed by atoms with Crippen LogP contribution < -0.4 is 5.30 Å². The van der Waals surface area contributed by atoms with Gasteiger partial charge in [-0.2, -0.15) is 5.10 Å². The van der Waals surface area contributed by atoms with Crippen LogP contribution in [0.4, 0.5) is 5.82 Å². The third-order valence-corrected chi connectivity index (χ3v) is 12.2. The first-order chi connectivity index (χ1) is 16.3. The molecule has 1 saturated carbocycles. The molecular formula is C26H33N4OPS2. The van der Waals surface area contributed by atoms with E-state index in [1.807, 2.05) is 29.8 Å². The molecule has 0 amide bonds. The van der Waals surface area contributed by atoms with Crippen LogP contribution in [0.3, 0.4) is 0 Å². The fourth-order valence-corrected chi connectivity index (χ4v) is 9.73. The molecule has 0 N–H and O–H groups in total. The number of rotatable bonds is 5. The smallest absolute Gasteiger partial charge is 0.192 e. The molecule has 1 aliphatic carbocycles. The average Bonchev–Trinajstić information content (AvgIpc) is 3.45. The molecular weight excluding hydrogens is 479 g/mol. The van der Waals surface area contributed by atoms with Crippen LogP contribution in [0.5, 0.6) is 0 Å². The van der Waals surface area contributed by atoms with Crippen LogP contribution in [0.15, 0.2) is 52.8 Å². The van der Waals surface area contributed by atoms with Crippen molar-refractivity contribution in [2.24, 2.45) is 22.7 Å². The zero-order valence-electron chi connectivity index (χ0n) is 20.5. The number of para-hydroxylation sites is 1. The fourth-order valence-electron chi connectivity index (χ4n) is 5.30. The third kappa shape index (κ3) is 4.11. The molecule has 2 aliphatic rings. The van der Waals surface area contributed by atoms with Gasteiger partial charge in [-0.3, -0.25) is 0 Å². The number of hydrogen-bond acceptors (Lipinski definition) is 5. The number of thiophene rings is 1. The Kier molecular flexibility index (Phi) is 6.58. The molecule has 3 heterocycles. The number of aryl methyl sites for hydroxylation is 1. The first kappa shape index (κ1) is 23.9. The fraction of sp³-hybridized carbons (Fsp3) is 0.462. The van der Waals surface area contributed by atoms with E-state index >= 15 is 0 Å². The minimum absolute atomic E-state index is 0.145. The summed E-state index contributed by atoms with van der Waals surface area (Å²) >= 11 is 8.26. The summed E-state index contributed by atoms with van der Waals surface area (Å²) in [6.45, 7) is 9.03. The van der Waals surface area contributed by atoms with E-state index in [4.69, 9.17) is 26.4 Å². The van der Waals surface area contributed by atoms with Crippen LogP contribution in [-0.4, -0.2) is 33.4 Å². The molecule has 1 fully saturated rings. The highest BCUT2D eigenvalue weighted by molar-refractivity contribution is 8.15. The van der Waals surface area contributed by atoms with Crippen LogP contribution in [0.25, 0.3) is 5.69 Å². The van der Waals surface area contributed by atoms with Gasteiger partial charge in [0.05, 0.1) is 27.7 Å². The summed E-state index contributed by atoms with van der Waals surface area (Å²) in [5, 5.41) is 8.02. The Morgan fingerprint density at radius 1 is 1.15 bits per heavy atom. The molecule has 0 saturated heterocycles. The van der Waals surface area contributed by atoms with Crippen molar-refractivity contribution in [3.8, 4) is 5.69 Å². The average molecular weight is 513 g/mol. The molecule has 5 rings (SSSR count). The first-order valence-corrected chi connectivity index (χ1v) is 15.7. The molecule has 0 bridgehead atoms. The van der Waals surface area contributed by atoms with Crippen molar-refractivity contribution in [1.82, 2.24) is 14.5 Å². The van der Waals surface area contributed by atoms with E-state index in [-0.39, 0.29) is 6.10 Å². The van der Waals surface area contributed by atoms with E-state index < -0.39 is 6.42 Å². The number of amidine groups is 1. The Labute approximate surface area is 212 Å². The molecule has 0 radical (unpaired) electrons. The maximum atomic E-state index is 7.18. The lowest BCUT2D eigenvalue weighted by molar-refractivity contribution is 0.0527. The van der Waals surface area contributed by atoms with E-state index in [1.54, 1.807) is 11.3 Å². The van der Waals surface area contributed by atoms with Gasteiger partial charge in [0.15, 0.2) is 18.1 Å². The molecule has 4 atom stereocenters. The van der Waals surface area contributed by atoms with Crippen LogP contribution in [-0.2, 0) is 16.3 Å². The largest absolute Gasteiger partial charge is 0.327 e. The van der Waals surface area contributed by atoms with Crippen LogP contribution in [0.1, 0.15) is 50.6 Å². The molecule has 0 spiro atoms. The molecule has 5 nitrogen and oxygen atoms in total. The molecule has 2 aromatic heterocycles. The van der Waals surface area contributed by atoms with Crippen molar-refractivity contribution in [3.05, 3.63) is 58.4 Å². The van der Waals surface area contributed by atoms with Gasteiger partial charge in [0, 0.05) is 7.05 Å². The van der Waals surface area contributed by atoms with E-state index in [2.05, 4.69) is 62.1 Å². The number of aliphatic imine (C=N–C) groups is 1. The standard InChI is InChI=1S/C26H33N4OPS2/c1-17(2)21-14-13-18(3)16-22(21)31-32(33)24-19(4)28-30(20-10-7-6-8-11-20)26(24)27-25(29(32)5)23-12-9-15-34-23/h6-12,15,17-18,21-22H,13-14,16H2,1-5H3. The Morgan fingerprint density at radius 3 is 2.59 bits per heavy atom. The Bertz CT molecular complexity index is 1240. The number of hydrogen-bond donors (Lipinski definition) is 0. The second-order valence-corrected chi connectivity index (χ2v) is 14.7. The van der Waals surface area contributed by atoms with Crippen molar-refractivity contribution in [1.29, 1.82) is 0 Å². The second-order valence-electron chi connectivity index (χ2n) is 9.93. The third-order valence-electron chi connectivity index (χ3n) is 7.18. The van der Waals surface area contributed by atoms with E-state index in [9.17, 15) is 0 Å². The van der Waals surface area contributed by atoms with Gasteiger partial charge in [0.2, 0.25) is 0 Å². The van der Waals surface area contributed by atoms with Crippen LogP contribution in [0.2, 0.25) is 0 Å². The van der Waals surface area contributed by atoms with Gasteiger partial charge in [-0.15, -0.1) is 11.3 Å². The maximum Gasteiger partial charge on any atom is 0.192 e. The van der Waals surface area contributed by atoms with Gasteiger partial charge in [-0.25, -0.2) is 9.67 Å². The van der Waals surface area contributed by atoms with Gasteiger partial charge < -0.3 is 9.19 Å². The Hall–Kier alpha value is -1.79. The van der Waals surface area contributed by atoms with Crippen molar-refractivity contribution >= 4 is 46.5 Å². The SMILES string of the molecule is Cc1nn(-c2ccccc2)c2c1P(=S)(OC1CC(C)CCC1C(C)C)N(C)C(c1cccs1)=N2. The minimum atomic E-state index is -2.64. The summed E-state index contributed by atoms with van der Waals surface area (Å²) in [4.78, 5) is 6.26. The molecule has 180 valence electrons. The number of benzene rings is 1. The lowest BCUT2D eigenvalue weighted by Gasteiger charge is -2.43. The van der Waals surface area contributed by atoms with Gasteiger partial charge in [0.1, 0.15) is 0 Å². The maximum absolute atomic E-state index is 7.18. The number of aromatic nitrogens is 2. The van der Waals surface area contributed by atoms with E-state index in [0.717, 1.165) is 39.6 Å². The van der Waals surface area contributed by atoms with Crippen molar-refractivity contribution in [3.63, 3.8) is 0 Å². The highest BCUT2D eigenvalue weighted by Gasteiger charge is 2.44. The number of nitrogens with zero attached hydrogens (tertiary/aromatic N) is 4. The normalized spacial score (nSPS) is 27.1. The molecule has 1 aliphatic heterocycles. The highest BCUT2D eigenvalue weighted by Crippen LogP contribution is 2.58. The minimum Gasteiger partial charge on any atom is -0.327 e. The Morgan fingerprint density at radius 2 is 1.91 bits per heavy atom. The predicted molar refractivity (Wildman–Crippen MR) is 147 cm³/mol. The van der Waals surface area contributed by atoms with Crippen molar-refractivity contribution < 1.29 is 4.52 Å². The Balaban J connectivity index is 1.67. The van der Waals surface area contributed by atoms with E-state index in [0.29, 0.717) is 17.8 Å². The molecule has 8 heteroatoms. The topological polar surface area (TPSA) is 42.6 Å². The van der Waals surface area contributed by atoms with Crippen molar-refractivity contribution in [2.75, 3.05) is 7.05 Å². The predicted octanol–water partition coefficient (Wildman–Crippen LogP) is 6.68. The molecule has 1 aromatic carbocycles. The van der Waals surface area contributed by atoms with Gasteiger partial charge in [0.25, 0.3) is 0 Å². The van der Waals surface area contributed by atoms with Gasteiger partial charge >= 0.3 is 0 Å². The zero-order chi connectivity index (χ0) is 24.0. The first-order valence-electron chi connectivity index (χ1n) is 12.1. The van der Waals surface area contributed by atoms with Gasteiger partial charge in [-0.1, -0.05) is 51.5 Å². The second kappa shape index (κ2) is 9.34. The summed E-state index contributed by atoms with van der Waals surface area (Å²) < 4.78 is 11.3. The summed E-state index contributed by atoms with van der Waals surface area (Å²) in [6.07, 6.45) is 1.02. The van der Waals surface area contributed by atoms with Crippen LogP contribution in [0, 0.1) is 24.7 Å². The van der Waals surface area contributed by atoms with Crippen LogP contribution >= 0.6 is 17.8 Å². The summed E-state index contributed by atoms with van der Waals surface area (Å²) in [5.41, 5.74) is 1.89. The lowest BCUT2D eigenvalue weighted by atomic mass is 9.75. The quantitative estimate of drug-likeness (QED) is 0.358. The van der Waals surface area contributed by atoms with E-state index in [1.165, 1.54) is 12.8 Å². The molecule has 4 unspecified atom stereocenters. The highest BCUT2D eigenvalue weighted by atomic mass is 32.4. The molecule has 34 heavy (non-hydrogen) atoms. The summed E-state index contributed by atoms with van der Waals surface area (Å²) in [6, 6.07) is 14.4. The molecule has 3 aromatic rings. The van der Waals surface area contributed by atoms with Gasteiger partial charge in [-0.05, 0) is 72.9 Å². The zero-order valence-corrected chi connectivity index (χ0v) is 23.0. The summed E-state index contributed by atoms with van der Waals surface area (Å²) in [5.74, 6) is 3.43. The number of fused-ring (bicyclic) bond motifs is 1. The monoisotopic (exact) mass is 512 g/mol. The van der Waals surface area contributed by atoms with Crippen molar-refractivity contribution in [2.45, 2.75) is 53.1 Å².